The van der Waals surface area contributed by atoms with Crippen LogP contribution < -0.4 is 0 Å². The van der Waals surface area contributed by atoms with Gasteiger partial charge in [-0.15, -0.1) is 11.3 Å². The fourth-order valence-corrected chi connectivity index (χ4v) is 3.26. The molecule has 1 aromatic heterocycles. The number of ether oxygens (including phenoxy) is 1. The zero-order chi connectivity index (χ0) is 13.1. The quantitative estimate of drug-likeness (QED) is 0.786. The van der Waals surface area contributed by atoms with Crippen molar-refractivity contribution in [3.8, 4) is 0 Å². The van der Waals surface area contributed by atoms with Crippen LogP contribution >= 0.6 is 11.3 Å². The second kappa shape index (κ2) is 5.80. The van der Waals surface area contributed by atoms with Crippen LogP contribution in [-0.4, -0.2) is 35.0 Å². The second-order valence-corrected chi connectivity index (χ2v) is 5.92. The van der Waals surface area contributed by atoms with E-state index in [1.54, 1.807) is 11.3 Å². The average Bonchev–Trinajstić information content (AvgIpc) is 2.88. The highest BCUT2D eigenvalue weighted by Crippen LogP contribution is 2.24. The number of hydrogen-bond donors (Lipinski definition) is 0. The number of hydrogen-bond acceptors (Lipinski definition) is 5. The Morgan fingerprint density at radius 1 is 1.56 bits per heavy atom. The highest BCUT2D eigenvalue weighted by atomic mass is 32.1. The number of aryl methyl sites for hydroxylation is 2. The van der Waals surface area contributed by atoms with Gasteiger partial charge in [-0.1, -0.05) is 0 Å². The Balaban J connectivity index is 2.01. The number of rotatable bonds is 4. The molecule has 1 fully saturated rings. The van der Waals surface area contributed by atoms with Crippen LogP contribution in [0.1, 0.15) is 35.3 Å². The SMILES string of the molecule is CCOC(=O)C1CCCN1Cc1nc(C)c(C)s1. The maximum atomic E-state index is 11.8. The molecule has 0 aromatic carbocycles. The highest BCUT2D eigenvalue weighted by molar-refractivity contribution is 7.11. The van der Waals surface area contributed by atoms with Crippen LogP contribution in [0.4, 0.5) is 0 Å². The fourth-order valence-electron chi connectivity index (χ4n) is 2.30. The number of carbonyl (C=O) groups excluding carboxylic acids is 1. The number of nitrogens with zero attached hydrogens (tertiary/aromatic N) is 2. The van der Waals surface area contributed by atoms with Gasteiger partial charge in [0.25, 0.3) is 0 Å². The molecule has 1 aromatic rings. The molecule has 4 nitrogen and oxygen atoms in total. The molecule has 18 heavy (non-hydrogen) atoms. The molecule has 0 radical (unpaired) electrons. The summed E-state index contributed by atoms with van der Waals surface area (Å²) in [4.78, 5) is 19.8. The van der Waals surface area contributed by atoms with Crippen molar-refractivity contribution >= 4 is 17.3 Å². The molecule has 0 aliphatic carbocycles. The summed E-state index contributed by atoms with van der Waals surface area (Å²) in [6, 6.07) is -0.0746. The Bertz CT molecular complexity index is 411. The van der Waals surface area contributed by atoms with Crippen molar-refractivity contribution < 1.29 is 9.53 Å². The van der Waals surface area contributed by atoms with E-state index in [9.17, 15) is 4.79 Å². The van der Waals surface area contributed by atoms with Crippen LogP contribution in [0.5, 0.6) is 0 Å². The summed E-state index contributed by atoms with van der Waals surface area (Å²) in [5, 5.41) is 1.10. The maximum Gasteiger partial charge on any atom is 0.323 e. The van der Waals surface area contributed by atoms with Crippen molar-refractivity contribution in [2.24, 2.45) is 0 Å². The van der Waals surface area contributed by atoms with Gasteiger partial charge < -0.3 is 4.74 Å². The first kappa shape index (κ1) is 13.5. The minimum atomic E-state index is -0.0833. The van der Waals surface area contributed by atoms with E-state index in [-0.39, 0.29) is 12.0 Å². The first-order valence-corrected chi connectivity index (χ1v) is 7.27. The van der Waals surface area contributed by atoms with Gasteiger partial charge in [0.05, 0.1) is 18.8 Å². The molecule has 1 unspecified atom stereocenters. The van der Waals surface area contributed by atoms with E-state index in [0.717, 1.165) is 36.6 Å². The molecule has 1 aliphatic rings. The Morgan fingerprint density at radius 3 is 2.94 bits per heavy atom. The van der Waals surface area contributed by atoms with E-state index < -0.39 is 0 Å². The van der Waals surface area contributed by atoms with Crippen LogP contribution in [0.25, 0.3) is 0 Å². The van der Waals surface area contributed by atoms with E-state index in [2.05, 4.69) is 16.8 Å². The molecule has 0 bridgehead atoms. The summed E-state index contributed by atoms with van der Waals surface area (Å²) < 4.78 is 5.13. The number of aromatic nitrogens is 1. The largest absolute Gasteiger partial charge is 0.465 e. The van der Waals surface area contributed by atoms with Crippen LogP contribution in [0, 0.1) is 13.8 Å². The smallest absolute Gasteiger partial charge is 0.323 e. The predicted molar refractivity (Wildman–Crippen MR) is 71.7 cm³/mol. The minimum Gasteiger partial charge on any atom is -0.465 e. The summed E-state index contributed by atoms with van der Waals surface area (Å²) in [7, 11) is 0. The topological polar surface area (TPSA) is 42.4 Å². The van der Waals surface area contributed by atoms with Crippen LogP contribution in [0.2, 0.25) is 0 Å². The molecule has 0 spiro atoms. The van der Waals surface area contributed by atoms with Gasteiger partial charge in [-0.05, 0) is 40.2 Å². The minimum absolute atomic E-state index is 0.0746. The van der Waals surface area contributed by atoms with E-state index in [1.807, 2.05) is 13.8 Å². The highest BCUT2D eigenvalue weighted by Gasteiger charge is 2.32. The van der Waals surface area contributed by atoms with Gasteiger partial charge >= 0.3 is 5.97 Å². The zero-order valence-corrected chi connectivity index (χ0v) is 12.0. The standard InChI is InChI=1S/C13H20N2O2S/c1-4-17-13(16)11-6-5-7-15(11)8-12-14-9(2)10(3)18-12/h11H,4-8H2,1-3H3. The lowest BCUT2D eigenvalue weighted by atomic mass is 10.2. The second-order valence-electron chi connectivity index (χ2n) is 4.63. The van der Waals surface area contributed by atoms with Crippen LogP contribution in [0.15, 0.2) is 0 Å². The number of thiazole rings is 1. The van der Waals surface area contributed by atoms with Crippen molar-refractivity contribution in [2.75, 3.05) is 13.2 Å². The maximum absolute atomic E-state index is 11.8. The van der Waals surface area contributed by atoms with Gasteiger partial charge in [-0.2, -0.15) is 0 Å². The van der Waals surface area contributed by atoms with Crippen molar-refractivity contribution in [1.82, 2.24) is 9.88 Å². The van der Waals surface area contributed by atoms with Gasteiger partial charge in [0.2, 0.25) is 0 Å². The summed E-state index contributed by atoms with van der Waals surface area (Å²) in [6.07, 6.45) is 1.97. The van der Waals surface area contributed by atoms with Crippen molar-refractivity contribution in [3.63, 3.8) is 0 Å². The molecule has 0 saturated carbocycles. The third kappa shape index (κ3) is 2.90. The van der Waals surface area contributed by atoms with Gasteiger partial charge in [-0.25, -0.2) is 4.98 Å². The number of likely N-dealkylation sites (tertiary alicyclic amines) is 1. The van der Waals surface area contributed by atoms with Gasteiger partial charge in [-0.3, -0.25) is 9.69 Å². The van der Waals surface area contributed by atoms with Crippen molar-refractivity contribution in [3.05, 3.63) is 15.6 Å². The van der Waals surface area contributed by atoms with Crippen molar-refractivity contribution in [1.29, 1.82) is 0 Å². The molecule has 100 valence electrons. The molecule has 5 heteroatoms. The number of esters is 1. The third-order valence-corrected chi connectivity index (χ3v) is 4.39. The third-order valence-electron chi connectivity index (χ3n) is 3.33. The van der Waals surface area contributed by atoms with Gasteiger partial charge in [0, 0.05) is 4.88 Å². The van der Waals surface area contributed by atoms with E-state index >= 15 is 0 Å². The van der Waals surface area contributed by atoms with Gasteiger partial charge in [0.15, 0.2) is 0 Å². The molecular formula is C13H20N2O2S. The molecule has 0 N–H and O–H groups in total. The van der Waals surface area contributed by atoms with Gasteiger partial charge in [0.1, 0.15) is 11.0 Å². The van der Waals surface area contributed by atoms with Crippen LogP contribution in [0.3, 0.4) is 0 Å². The Labute approximate surface area is 112 Å². The molecule has 2 rings (SSSR count). The van der Waals surface area contributed by atoms with E-state index in [0.29, 0.717) is 6.61 Å². The first-order chi connectivity index (χ1) is 8.61. The molecule has 0 amide bonds. The first-order valence-electron chi connectivity index (χ1n) is 6.45. The molecule has 1 saturated heterocycles. The number of carbonyl (C=O) groups is 1. The Kier molecular flexibility index (Phi) is 4.35. The summed E-state index contributed by atoms with van der Waals surface area (Å²) in [5.41, 5.74) is 1.10. The molecular weight excluding hydrogens is 248 g/mol. The van der Waals surface area contributed by atoms with Crippen LogP contribution in [-0.2, 0) is 16.1 Å². The molecule has 2 heterocycles. The lowest BCUT2D eigenvalue weighted by Crippen LogP contribution is -2.36. The summed E-state index contributed by atoms with van der Waals surface area (Å²) >= 11 is 1.72. The average molecular weight is 268 g/mol. The van der Waals surface area contributed by atoms with Crippen molar-refractivity contribution in [2.45, 2.75) is 46.2 Å². The summed E-state index contributed by atoms with van der Waals surface area (Å²) in [5.74, 6) is -0.0833. The fraction of sp³-hybridized carbons (Fsp3) is 0.692. The molecule has 1 aliphatic heterocycles. The lowest BCUT2D eigenvalue weighted by Gasteiger charge is -2.21. The van der Waals surface area contributed by atoms with E-state index in [4.69, 9.17) is 4.74 Å². The summed E-state index contributed by atoms with van der Waals surface area (Å²) in [6.45, 7) is 8.15. The lowest BCUT2D eigenvalue weighted by molar-refractivity contribution is -0.148. The zero-order valence-electron chi connectivity index (χ0n) is 11.2. The molecule has 1 atom stereocenters. The monoisotopic (exact) mass is 268 g/mol. The normalized spacial score (nSPS) is 20.3. The Hall–Kier alpha value is -0.940. The van der Waals surface area contributed by atoms with E-state index in [1.165, 1.54) is 4.88 Å². The Morgan fingerprint density at radius 2 is 2.33 bits per heavy atom. The predicted octanol–water partition coefficient (Wildman–Crippen LogP) is 2.29.